The summed E-state index contributed by atoms with van der Waals surface area (Å²) in [5.41, 5.74) is 3.11. The lowest BCUT2D eigenvalue weighted by molar-refractivity contribution is -0.141. The highest BCUT2D eigenvalue weighted by molar-refractivity contribution is 5.96. The maximum Gasteiger partial charge on any atom is 0.325 e. The number of carbonyl (C=O) groups is 2. The van der Waals surface area contributed by atoms with Crippen molar-refractivity contribution in [2.45, 2.75) is 20.0 Å². The molecular formula is C29H27N3O5. The number of hydrogen-bond donors (Lipinski definition) is 2. The zero-order chi connectivity index (χ0) is 26.0. The molecule has 37 heavy (non-hydrogen) atoms. The molecule has 0 radical (unpaired) electrons. The Labute approximate surface area is 214 Å². The van der Waals surface area contributed by atoms with Gasteiger partial charge in [0.15, 0.2) is 5.69 Å². The van der Waals surface area contributed by atoms with Crippen molar-refractivity contribution >= 4 is 11.9 Å². The summed E-state index contributed by atoms with van der Waals surface area (Å²) in [4.78, 5) is 44.7. The van der Waals surface area contributed by atoms with Gasteiger partial charge in [0, 0.05) is 6.42 Å². The van der Waals surface area contributed by atoms with Crippen LogP contribution in [-0.4, -0.2) is 35.0 Å². The van der Waals surface area contributed by atoms with E-state index in [1.807, 2.05) is 84.9 Å². The molecule has 0 unspecified atom stereocenters. The molecule has 4 aromatic rings. The number of nitrogens with zero attached hydrogens (tertiary/aromatic N) is 1. The zero-order valence-electron chi connectivity index (χ0n) is 20.4. The van der Waals surface area contributed by atoms with E-state index in [4.69, 9.17) is 9.47 Å². The van der Waals surface area contributed by atoms with Gasteiger partial charge in [0.2, 0.25) is 5.75 Å². The third-order valence-electron chi connectivity index (χ3n) is 5.50. The van der Waals surface area contributed by atoms with Crippen LogP contribution < -0.4 is 15.6 Å². The van der Waals surface area contributed by atoms with Gasteiger partial charge in [0.05, 0.1) is 6.61 Å². The minimum Gasteiger partial charge on any atom is -0.481 e. The van der Waals surface area contributed by atoms with Gasteiger partial charge in [0.25, 0.3) is 11.5 Å². The monoisotopic (exact) mass is 497 g/mol. The lowest BCUT2D eigenvalue weighted by Crippen LogP contribution is -2.33. The third kappa shape index (κ3) is 6.91. The molecule has 0 aliphatic carbocycles. The second-order valence-electron chi connectivity index (χ2n) is 8.19. The zero-order valence-corrected chi connectivity index (χ0v) is 20.4. The van der Waals surface area contributed by atoms with Crippen molar-refractivity contribution in [3.05, 3.63) is 118 Å². The highest BCUT2D eigenvalue weighted by Crippen LogP contribution is 2.20. The predicted octanol–water partition coefficient (Wildman–Crippen LogP) is 3.90. The van der Waals surface area contributed by atoms with E-state index < -0.39 is 17.4 Å². The summed E-state index contributed by atoms with van der Waals surface area (Å²) >= 11 is 0. The Morgan fingerprint density at radius 2 is 1.51 bits per heavy atom. The van der Waals surface area contributed by atoms with Crippen LogP contribution in [0.1, 0.15) is 34.4 Å². The van der Waals surface area contributed by atoms with Crippen molar-refractivity contribution in [2.24, 2.45) is 0 Å². The van der Waals surface area contributed by atoms with Crippen LogP contribution in [0.5, 0.6) is 5.75 Å². The molecule has 0 atom stereocenters. The highest BCUT2D eigenvalue weighted by atomic mass is 16.5. The Morgan fingerprint density at radius 3 is 2.19 bits per heavy atom. The van der Waals surface area contributed by atoms with E-state index >= 15 is 0 Å². The summed E-state index contributed by atoms with van der Waals surface area (Å²) in [6.45, 7) is 1.59. The number of amides is 1. The number of benzene rings is 3. The lowest BCUT2D eigenvalue weighted by Gasteiger charge is -2.12. The molecule has 188 valence electrons. The molecule has 3 aromatic carbocycles. The minimum atomic E-state index is -0.706. The second kappa shape index (κ2) is 12.3. The van der Waals surface area contributed by atoms with Crippen LogP contribution in [0.3, 0.4) is 0 Å². The van der Waals surface area contributed by atoms with Crippen molar-refractivity contribution in [3.8, 4) is 16.9 Å². The Kier molecular flexibility index (Phi) is 8.44. The molecule has 2 N–H and O–H groups in total. The van der Waals surface area contributed by atoms with E-state index in [0.29, 0.717) is 12.2 Å². The second-order valence-corrected chi connectivity index (χ2v) is 8.19. The fourth-order valence-corrected chi connectivity index (χ4v) is 3.70. The van der Waals surface area contributed by atoms with Crippen molar-refractivity contribution < 1.29 is 19.1 Å². The van der Waals surface area contributed by atoms with Crippen molar-refractivity contribution in [1.29, 1.82) is 0 Å². The molecule has 8 nitrogen and oxygen atoms in total. The summed E-state index contributed by atoms with van der Waals surface area (Å²) in [5, 5.41) is 2.46. The largest absolute Gasteiger partial charge is 0.481 e. The molecule has 0 spiro atoms. The molecule has 8 heteroatoms. The Balaban J connectivity index is 1.57. The van der Waals surface area contributed by atoms with Crippen molar-refractivity contribution in [3.63, 3.8) is 0 Å². The first-order valence-electron chi connectivity index (χ1n) is 11.9. The number of H-pyrrole nitrogens is 1. The molecule has 1 heterocycles. The average Bonchev–Trinajstić information content (AvgIpc) is 2.92. The van der Waals surface area contributed by atoms with Crippen LogP contribution in [0, 0.1) is 0 Å². The van der Waals surface area contributed by atoms with Gasteiger partial charge in [-0.25, -0.2) is 4.98 Å². The molecule has 0 saturated heterocycles. The van der Waals surface area contributed by atoms with Gasteiger partial charge < -0.3 is 19.8 Å². The summed E-state index contributed by atoms with van der Waals surface area (Å²) < 4.78 is 10.6. The van der Waals surface area contributed by atoms with Crippen molar-refractivity contribution in [1.82, 2.24) is 15.3 Å². The normalized spacial score (nSPS) is 10.5. The topological polar surface area (TPSA) is 110 Å². The van der Waals surface area contributed by atoms with E-state index in [1.54, 1.807) is 6.92 Å². The van der Waals surface area contributed by atoms with Gasteiger partial charge in [0.1, 0.15) is 19.0 Å². The molecule has 0 aliphatic rings. The van der Waals surface area contributed by atoms with Crippen LogP contribution in [0.15, 0.2) is 89.7 Å². The molecule has 1 aromatic heterocycles. The summed E-state index contributed by atoms with van der Waals surface area (Å²) in [6.07, 6.45) is 0.293. The van der Waals surface area contributed by atoms with Crippen molar-refractivity contribution in [2.75, 3.05) is 13.2 Å². The maximum absolute atomic E-state index is 13.0. The van der Waals surface area contributed by atoms with Gasteiger partial charge >= 0.3 is 5.97 Å². The van der Waals surface area contributed by atoms with Gasteiger partial charge in [-0.15, -0.1) is 0 Å². The van der Waals surface area contributed by atoms with Gasteiger partial charge in [-0.05, 0) is 29.2 Å². The summed E-state index contributed by atoms with van der Waals surface area (Å²) in [6, 6.07) is 27.1. The standard InChI is InChI=1S/C29H27N3O5/c1-2-36-25(33)18-30-28(34)26-27(37-19-21-9-5-3-6-10-21)29(35)32-24(31-26)17-20-13-15-23(16-14-20)22-11-7-4-8-12-22/h3-16H,2,17-19H2,1H3,(H,30,34)(H,31,32,35). The Bertz CT molecular complexity index is 1400. The average molecular weight is 498 g/mol. The molecule has 0 bridgehead atoms. The molecule has 0 fully saturated rings. The Hall–Kier alpha value is -4.72. The fourth-order valence-electron chi connectivity index (χ4n) is 3.70. The minimum absolute atomic E-state index is 0.0735. The summed E-state index contributed by atoms with van der Waals surface area (Å²) in [5.74, 6) is -1.21. The molecule has 0 saturated carbocycles. The maximum atomic E-state index is 13.0. The third-order valence-corrected chi connectivity index (χ3v) is 5.50. The number of rotatable bonds is 10. The van der Waals surface area contributed by atoms with Gasteiger partial charge in [-0.2, -0.15) is 0 Å². The number of carbonyl (C=O) groups excluding carboxylic acids is 2. The van der Waals surface area contributed by atoms with E-state index in [9.17, 15) is 14.4 Å². The first-order chi connectivity index (χ1) is 18.0. The van der Waals surface area contributed by atoms with E-state index in [1.165, 1.54) is 0 Å². The van der Waals surface area contributed by atoms with E-state index in [0.717, 1.165) is 22.3 Å². The molecule has 0 aliphatic heterocycles. The first-order valence-corrected chi connectivity index (χ1v) is 11.9. The SMILES string of the molecule is CCOC(=O)CNC(=O)c1nc(Cc2ccc(-c3ccccc3)cc2)[nH]c(=O)c1OCc1ccccc1. The first kappa shape index (κ1) is 25.4. The smallest absolute Gasteiger partial charge is 0.325 e. The number of aromatic nitrogens is 2. The van der Waals surface area contributed by atoms with Crippen LogP contribution >= 0.6 is 0 Å². The molecule has 4 rings (SSSR count). The quantitative estimate of drug-likeness (QED) is 0.322. The van der Waals surface area contributed by atoms with Crippen LogP contribution in [0.4, 0.5) is 0 Å². The molecule has 1 amide bonds. The van der Waals surface area contributed by atoms with Crippen LogP contribution in [0.25, 0.3) is 11.1 Å². The molecular weight excluding hydrogens is 470 g/mol. The number of nitrogens with one attached hydrogen (secondary N) is 2. The van der Waals surface area contributed by atoms with E-state index in [-0.39, 0.29) is 31.2 Å². The van der Waals surface area contributed by atoms with Crippen LogP contribution in [-0.2, 0) is 22.6 Å². The number of ether oxygens (including phenoxy) is 2. The van der Waals surface area contributed by atoms with Crippen LogP contribution in [0.2, 0.25) is 0 Å². The lowest BCUT2D eigenvalue weighted by atomic mass is 10.0. The van der Waals surface area contributed by atoms with E-state index in [2.05, 4.69) is 15.3 Å². The predicted molar refractivity (Wildman–Crippen MR) is 139 cm³/mol. The number of aromatic amines is 1. The Morgan fingerprint density at radius 1 is 0.865 bits per heavy atom. The fraction of sp³-hybridized carbons (Fsp3) is 0.172. The van der Waals surface area contributed by atoms with Gasteiger partial charge in [-0.1, -0.05) is 84.9 Å². The number of esters is 1. The van der Waals surface area contributed by atoms with Gasteiger partial charge in [-0.3, -0.25) is 14.4 Å². The summed E-state index contributed by atoms with van der Waals surface area (Å²) in [7, 11) is 0. The highest BCUT2D eigenvalue weighted by Gasteiger charge is 2.21. The number of hydrogen-bond acceptors (Lipinski definition) is 6.